The van der Waals surface area contributed by atoms with Crippen LogP contribution in [-0.2, 0) is 0 Å². The van der Waals surface area contributed by atoms with Gasteiger partial charge in [-0.05, 0) is 41.5 Å². The molecule has 3 atom stereocenters. The maximum atomic E-state index is 11.2. The molecule has 2 aliphatic heterocycles. The van der Waals surface area contributed by atoms with Crippen LogP contribution >= 0.6 is 22.6 Å². The second-order valence-electron chi connectivity index (χ2n) is 4.98. The topological polar surface area (TPSA) is 75.5 Å². The van der Waals surface area contributed by atoms with Crippen LogP contribution in [0.25, 0.3) is 0 Å². The highest BCUT2D eigenvalue weighted by Crippen LogP contribution is 2.36. The fourth-order valence-electron chi connectivity index (χ4n) is 3.07. The Kier molecular flexibility index (Phi) is 3.46. The highest BCUT2D eigenvalue weighted by molar-refractivity contribution is 14.1. The van der Waals surface area contributed by atoms with Gasteiger partial charge in [-0.3, -0.25) is 0 Å². The molecule has 2 aliphatic rings. The van der Waals surface area contributed by atoms with Gasteiger partial charge in [0.05, 0.1) is 0 Å². The molecule has 2 bridgehead atoms. The number of nitrogens with zero attached hydrogens (tertiary/aromatic N) is 3. The van der Waals surface area contributed by atoms with E-state index in [1.807, 2.05) is 6.07 Å². The van der Waals surface area contributed by atoms with E-state index in [1.165, 1.54) is 0 Å². The van der Waals surface area contributed by atoms with Gasteiger partial charge in [0.2, 0.25) is 5.88 Å². The predicted molar refractivity (Wildman–Crippen MR) is 75.1 cm³/mol. The molecule has 2 fully saturated rings. The predicted octanol–water partition coefficient (Wildman–Crippen LogP) is 2.13. The average molecular weight is 375 g/mol. The van der Waals surface area contributed by atoms with Crippen LogP contribution in [0.5, 0.6) is 5.88 Å². The molecule has 19 heavy (non-hydrogen) atoms. The lowest BCUT2D eigenvalue weighted by atomic mass is 10.0. The molecule has 2 saturated heterocycles. The van der Waals surface area contributed by atoms with Gasteiger partial charge in [-0.1, -0.05) is 0 Å². The zero-order valence-corrected chi connectivity index (χ0v) is 12.4. The van der Waals surface area contributed by atoms with Gasteiger partial charge in [0, 0.05) is 31.0 Å². The van der Waals surface area contributed by atoms with Crippen molar-refractivity contribution in [2.45, 2.75) is 43.9 Å². The van der Waals surface area contributed by atoms with E-state index in [0.717, 1.165) is 29.4 Å². The first-order chi connectivity index (χ1) is 9.13. The molecule has 1 amide bonds. The summed E-state index contributed by atoms with van der Waals surface area (Å²) >= 11 is 2.09. The lowest BCUT2D eigenvalue weighted by Crippen LogP contribution is -2.48. The van der Waals surface area contributed by atoms with Crippen LogP contribution in [0, 0.1) is 3.70 Å². The minimum Gasteiger partial charge on any atom is -0.473 e. The standard InChI is InChI=1S/C12H14IN3O3/c13-10-3-4-11(15-14-10)19-9-5-7-1-2-8(6-9)16(7)12(17)18/h3-4,7-9H,1-2,5-6H2,(H,17,18)/t7-,8+,9?. The Labute approximate surface area is 124 Å². The third kappa shape index (κ3) is 2.60. The summed E-state index contributed by atoms with van der Waals surface area (Å²) in [4.78, 5) is 12.8. The minimum atomic E-state index is -0.806. The molecule has 102 valence electrons. The molecule has 0 aliphatic carbocycles. The SMILES string of the molecule is O=C(O)N1[C@@H]2CC[C@H]1CC(Oc1ccc(I)nn1)C2. The zero-order valence-electron chi connectivity index (χ0n) is 10.2. The van der Waals surface area contributed by atoms with Crippen LogP contribution in [0.15, 0.2) is 12.1 Å². The van der Waals surface area contributed by atoms with Crippen LogP contribution in [-0.4, -0.2) is 44.5 Å². The molecule has 1 aromatic heterocycles. The van der Waals surface area contributed by atoms with Crippen molar-refractivity contribution in [3.8, 4) is 5.88 Å². The van der Waals surface area contributed by atoms with Gasteiger partial charge in [0.15, 0.2) is 0 Å². The Morgan fingerprint density at radius 1 is 1.32 bits per heavy atom. The first kappa shape index (κ1) is 12.9. The fraction of sp³-hybridized carbons (Fsp3) is 0.583. The second kappa shape index (κ2) is 5.10. The molecule has 1 unspecified atom stereocenters. The van der Waals surface area contributed by atoms with Crippen molar-refractivity contribution in [1.82, 2.24) is 15.1 Å². The summed E-state index contributed by atoms with van der Waals surface area (Å²) < 4.78 is 6.65. The first-order valence-electron chi connectivity index (χ1n) is 6.30. The number of ether oxygens (including phenoxy) is 1. The average Bonchev–Trinajstić information content (AvgIpc) is 2.65. The van der Waals surface area contributed by atoms with Crippen molar-refractivity contribution >= 4 is 28.7 Å². The number of fused-ring (bicyclic) bond motifs is 2. The summed E-state index contributed by atoms with van der Waals surface area (Å²) in [5.41, 5.74) is 0. The number of carboxylic acid groups (broad SMARTS) is 1. The molecular weight excluding hydrogens is 361 g/mol. The summed E-state index contributed by atoms with van der Waals surface area (Å²) in [5, 5.41) is 17.1. The third-order valence-corrected chi connectivity index (χ3v) is 4.38. The number of amides is 1. The van der Waals surface area contributed by atoms with Crippen molar-refractivity contribution in [3.63, 3.8) is 0 Å². The minimum absolute atomic E-state index is 0.0439. The Morgan fingerprint density at radius 3 is 2.53 bits per heavy atom. The number of aromatic nitrogens is 2. The Balaban J connectivity index is 1.66. The molecule has 1 aromatic rings. The van der Waals surface area contributed by atoms with Crippen molar-refractivity contribution in [2.75, 3.05) is 0 Å². The van der Waals surface area contributed by atoms with Gasteiger partial charge in [-0.25, -0.2) is 4.79 Å². The van der Waals surface area contributed by atoms with Crippen molar-refractivity contribution in [1.29, 1.82) is 0 Å². The number of hydrogen-bond acceptors (Lipinski definition) is 4. The molecule has 0 saturated carbocycles. The molecule has 3 rings (SSSR count). The number of hydrogen-bond donors (Lipinski definition) is 1. The van der Waals surface area contributed by atoms with Crippen LogP contribution in [0.1, 0.15) is 25.7 Å². The highest BCUT2D eigenvalue weighted by atomic mass is 127. The molecule has 0 radical (unpaired) electrons. The number of halogens is 1. The van der Waals surface area contributed by atoms with Gasteiger partial charge in [0.1, 0.15) is 9.80 Å². The third-order valence-electron chi connectivity index (χ3n) is 3.81. The first-order valence-corrected chi connectivity index (χ1v) is 7.38. The highest BCUT2D eigenvalue weighted by Gasteiger charge is 2.44. The molecule has 1 N–H and O–H groups in total. The van der Waals surface area contributed by atoms with E-state index in [2.05, 4.69) is 32.8 Å². The van der Waals surface area contributed by atoms with E-state index in [4.69, 9.17) is 4.74 Å². The molecular formula is C12H14IN3O3. The second-order valence-corrected chi connectivity index (χ2v) is 6.09. The smallest absolute Gasteiger partial charge is 0.407 e. The maximum absolute atomic E-state index is 11.2. The van der Waals surface area contributed by atoms with Gasteiger partial charge in [0.25, 0.3) is 0 Å². The van der Waals surface area contributed by atoms with Gasteiger partial charge >= 0.3 is 6.09 Å². The van der Waals surface area contributed by atoms with Gasteiger partial charge < -0.3 is 14.7 Å². The molecule has 0 spiro atoms. The Morgan fingerprint density at radius 2 is 2.00 bits per heavy atom. The fourth-order valence-corrected chi connectivity index (χ4v) is 3.36. The zero-order chi connectivity index (χ0) is 13.4. The van der Waals surface area contributed by atoms with E-state index in [-0.39, 0.29) is 18.2 Å². The number of rotatable bonds is 2. The summed E-state index contributed by atoms with van der Waals surface area (Å²) in [6.45, 7) is 0. The lowest BCUT2D eigenvalue weighted by molar-refractivity contribution is 0.0472. The van der Waals surface area contributed by atoms with Gasteiger partial charge in [-0.2, -0.15) is 0 Å². The summed E-state index contributed by atoms with van der Waals surface area (Å²) in [6, 6.07) is 3.85. The van der Waals surface area contributed by atoms with E-state index >= 15 is 0 Å². The summed E-state index contributed by atoms with van der Waals surface area (Å²) in [7, 11) is 0. The number of piperidine rings is 1. The van der Waals surface area contributed by atoms with Crippen LogP contribution in [0.2, 0.25) is 0 Å². The molecule has 3 heterocycles. The van der Waals surface area contributed by atoms with E-state index in [0.29, 0.717) is 5.88 Å². The normalized spacial score (nSPS) is 29.3. The van der Waals surface area contributed by atoms with Crippen LogP contribution in [0.3, 0.4) is 0 Å². The van der Waals surface area contributed by atoms with Crippen molar-refractivity contribution < 1.29 is 14.6 Å². The van der Waals surface area contributed by atoms with Crippen molar-refractivity contribution in [3.05, 3.63) is 15.8 Å². The number of carbonyl (C=O) groups is 1. The van der Waals surface area contributed by atoms with E-state index in [1.54, 1.807) is 11.0 Å². The molecule has 0 aromatic carbocycles. The van der Waals surface area contributed by atoms with Crippen molar-refractivity contribution in [2.24, 2.45) is 0 Å². The maximum Gasteiger partial charge on any atom is 0.407 e. The van der Waals surface area contributed by atoms with E-state index < -0.39 is 6.09 Å². The Bertz CT molecular complexity index is 468. The van der Waals surface area contributed by atoms with Crippen LogP contribution in [0.4, 0.5) is 4.79 Å². The summed E-state index contributed by atoms with van der Waals surface area (Å²) in [5.74, 6) is 0.522. The lowest BCUT2D eigenvalue weighted by Gasteiger charge is -2.36. The monoisotopic (exact) mass is 375 g/mol. The van der Waals surface area contributed by atoms with Gasteiger partial charge in [-0.15, -0.1) is 10.2 Å². The molecule has 6 nitrogen and oxygen atoms in total. The molecule has 7 heteroatoms. The van der Waals surface area contributed by atoms with E-state index in [9.17, 15) is 9.90 Å². The Hall–Kier alpha value is -1.12. The largest absolute Gasteiger partial charge is 0.473 e. The van der Waals surface area contributed by atoms with Crippen LogP contribution < -0.4 is 4.74 Å². The quantitative estimate of drug-likeness (QED) is 0.802. The summed E-state index contributed by atoms with van der Waals surface area (Å²) in [6.07, 6.45) is 2.61.